The van der Waals surface area contributed by atoms with Crippen molar-refractivity contribution >= 4 is 15.9 Å². The molecule has 1 saturated carbocycles. The number of rotatable bonds is 4. The van der Waals surface area contributed by atoms with E-state index in [1.807, 2.05) is 0 Å². The normalized spacial score (nSPS) is 31.6. The van der Waals surface area contributed by atoms with Crippen LogP contribution in [0.3, 0.4) is 0 Å². The van der Waals surface area contributed by atoms with Gasteiger partial charge in [-0.3, -0.25) is 4.90 Å². The molecular formula is C17H29N3O5S. The van der Waals surface area contributed by atoms with Crippen LogP contribution in [0.25, 0.3) is 0 Å². The summed E-state index contributed by atoms with van der Waals surface area (Å²) >= 11 is 0. The van der Waals surface area contributed by atoms with Crippen LogP contribution in [-0.4, -0.2) is 99.4 Å². The summed E-state index contributed by atoms with van der Waals surface area (Å²) in [4.78, 5) is 16.0. The average Bonchev–Trinajstić information content (AvgIpc) is 3.01. The Labute approximate surface area is 155 Å². The average molecular weight is 388 g/mol. The number of nitrogens with zero attached hydrogens (tertiary/aromatic N) is 2. The SMILES string of the molecule is COC1CN(C[C@H]2COC3(CN(C(=O)NC4CCCC4)C3)CS2(=O)=O)C1. The number of methoxy groups -OCH3 is 1. The van der Waals surface area contributed by atoms with Gasteiger partial charge in [-0.25, -0.2) is 13.2 Å². The van der Waals surface area contributed by atoms with E-state index in [1.54, 1.807) is 12.0 Å². The van der Waals surface area contributed by atoms with Crippen LogP contribution in [0.1, 0.15) is 25.7 Å². The highest BCUT2D eigenvalue weighted by molar-refractivity contribution is 7.92. The van der Waals surface area contributed by atoms with Crippen LogP contribution in [0.15, 0.2) is 0 Å². The van der Waals surface area contributed by atoms with Gasteiger partial charge in [0, 0.05) is 32.8 Å². The highest BCUT2D eigenvalue weighted by atomic mass is 32.2. The summed E-state index contributed by atoms with van der Waals surface area (Å²) in [5, 5.41) is 2.57. The first-order valence-electron chi connectivity index (χ1n) is 9.55. The van der Waals surface area contributed by atoms with E-state index < -0.39 is 20.7 Å². The molecule has 1 aliphatic carbocycles. The molecule has 2 amide bonds. The van der Waals surface area contributed by atoms with Crippen LogP contribution in [0.2, 0.25) is 0 Å². The predicted octanol–water partition coefficient (Wildman–Crippen LogP) is -0.163. The molecule has 1 N–H and O–H groups in total. The molecule has 4 aliphatic rings. The van der Waals surface area contributed by atoms with Crippen molar-refractivity contribution in [3.8, 4) is 0 Å². The second kappa shape index (κ2) is 6.92. The molecule has 3 saturated heterocycles. The highest BCUT2D eigenvalue weighted by Gasteiger charge is 2.54. The standard InChI is InChI=1S/C17H29N3O5S/c1-24-14-6-19(7-14)8-15-9-25-17(12-26(15,22)23)10-20(11-17)16(21)18-13-4-2-3-5-13/h13-15H,2-12H2,1H3,(H,18,21)/t15-/m0/s1. The van der Waals surface area contributed by atoms with E-state index in [2.05, 4.69) is 10.2 Å². The highest BCUT2D eigenvalue weighted by Crippen LogP contribution is 2.33. The van der Waals surface area contributed by atoms with Crippen LogP contribution in [0.4, 0.5) is 4.79 Å². The third kappa shape index (κ3) is 3.58. The number of hydrogen-bond acceptors (Lipinski definition) is 6. The van der Waals surface area contributed by atoms with Gasteiger partial charge in [0.05, 0.1) is 36.8 Å². The van der Waals surface area contributed by atoms with Crippen molar-refractivity contribution in [2.75, 3.05) is 52.2 Å². The number of amides is 2. The van der Waals surface area contributed by atoms with Gasteiger partial charge in [-0.15, -0.1) is 0 Å². The fourth-order valence-corrected chi connectivity index (χ4v) is 6.43. The zero-order chi connectivity index (χ0) is 18.4. The van der Waals surface area contributed by atoms with Gasteiger partial charge in [0.15, 0.2) is 9.84 Å². The Kier molecular flexibility index (Phi) is 4.92. The Hall–Kier alpha value is -0.900. The summed E-state index contributed by atoms with van der Waals surface area (Å²) in [5.74, 6) is 0.0133. The number of likely N-dealkylation sites (tertiary alicyclic amines) is 2. The summed E-state index contributed by atoms with van der Waals surface area (Å²) < 4.78 is 36.6. The van der Waals surface area contributed by atoms with E-state index in [1.165, 1.54) is 12.8 Å². The fraction of sp³-hybridized carbons (Fsp3) is 0.941. The summed E-state index contributed by atoms with van der Waals surface area (Å²) in [6.07, 6.45) is 4.63. The molecule has 9 heteroatoms. The molecule has 4 fully saturated rings. The number of urea groups is 1. The zero-order valence-electron chi connectivity index (χ0n) is 15.4. The van der Waals surface area contributed by atoms with E-state index in [0.717, 1.165) is 25.9 Å². The molecular weight excluding hydrogens is 358 g/mol. The van der Waals surface area contributed by atoms with Gasteiger partial charge in [0.2, 0.25) is 0 Å². The number of sulfone groups is 1. The Bertz CT molecular complexity index is 637. The van der Waals surface area contributed by atoms with E-state index in [-0.39, 0.29) is 30.5 Å². The lowest BCUT2D eigenvalue weighted by Gasteiger charge is -2.52. The van der Waals surface area contributed by atoms with Crippen molar-refractivity contribution in [3.63, 3.8) is 0 Å². The van der Waals surface area contributed by atoms with Gasteiger partial charge in [0.25, 0.3) is 0 Å². The molecule has 1 atom stereocenters. The number of ether oxygens (including phenoxy) is 2. The van der Waals surface area contributed by atoms with Gasteiger partial charge >= 0.3 is 6.03 Å². The first-order valence-corrected chi connectivity index (χ1v) is 11.3. The third-order valence-electron chi connectivity index (χ3n) is 6.19. The zero-order valence-corrected chi connectivity index (χ0v) is 16.2. The van der Waals surface area contributed by atoms with Crippen LogP contribution in [-0.2, 0) is 19.3 Å². The second-order valence-electron chi connectivity index (χ2n) is 8.29. The quantitative estimate of drug-likeness (QED) is 0.721. The Morgan fingerprint density at radius 3 is 2.58 bits per heavy atom. The van der Waals surface area contributed by atoms with Gasteiger partial charge in [-0.2, -0.15) is 0 Å². The molecule has 3 aliphatic heterocycles. The van der Waals surface area contributed by atoms with Crippen LogP contribution in [0.5, 0.6) is 0 Å². The minimum absolute atomic E-state index is 0.0133. The first kappa shape index (κ1) is 18.5. The molecule has 0 bridgehead atoms. The molecule has 0 aromatic carbocycles. The number of carbonyl (C=O) groups excluding carboxylic acids is 1. The summed E-state index contributed by atoms with van der Waals surface area (Å²) in [6.45, 7) is 3.02. The third-order valence-corrected chi connectivity index (χ3v) is 8.42. The monoisotopic (exact) mass is 387 g/mol. The van der Waals surface area contributed by atoms with Gasteiger partial charge < -0.3 is 19.7 Å². The van der Waals surface area contributed by atoms with Crippen molar-refractivity contribution in [1.29, 1.82) is 0 Å². The summed E-state index contributed by atoms with van der Waals surface area (Å²) in [6, 6.07) is 0.184. The molecule has 1 spiro atoms. The van der Waals surface area contributed by atoms with Crippen molar-refractivity contribution < 1.29 is 22.7 Å². The maximum absolute atomic E-state index is 12.7. The molecule has 0 aromatic rings. The first-order chi connectivity index (χ1) is 12.4. The molecule has 0 radical (unpaired) electrons. The maximum atomic E-state index is 12.7. The van der Waals surface area contributed by atoms with Crippen LogP contribution >= 0.6 is 0 Å². The largest absolute Gasteiger partial charge is 0.379 e. The molecule has 3 heterocycles. The van der Waals surface area contributed by atoms with E-state index >= 15 is 0 Å². The topological polar surface area (TPSA) is 88.2 Å². The minimum atomic E-state index is -3.22. The molecule has 26 heavy (non-hydrogen) atoms. The lowest BCUT2D eigenvalue weighted by Crippen LogP contribution is -2.72. The van der Waals surface area contributed by atoms with Gasteiger partial charge in [-0.1, -0.05) is 12.8 Å². The Morgan fingerprint density at radius 2 is 1.96 bits per heavy atom. The van der Waals surface area contributed by atoms with Crippen molar-refractivity contribution in [2.45, 2.75) is 48.7 Å². The number of carbonyl (C=O) groups is 1. The fourth-order valence-electron chi connectivity index (χ4n) is 4.49. The predicted molar refractivity (Wildman–Crippen MR) is 95.9 cm³/mol. The van der Waals surface area contributed by atoms with Crippen LogP contribution < -0.4 is 5.32 Å². The Morgan fingerprint density at radius 1 is 1.27 bits per heavy atom. The number of hydrogen-bond donors (Lipinski definition) is 1. The lowest BCUT2D eigenvalue weighted by atomic mass is 9.96. The summed E-state index contributed by atoms with van der Waals surface area (Å²) in [7, 11) is -1.55. The summed E-state index contributed by atoms with van der Waals surface area (Å²) in [5.41, 5.74) is -0.702. The molecule has 148 valence electrons. The van der Waals surface area contributed by atoms with Crippen molar-refractivity contribution in [2.24, 2.45) is 0 Å². The lowest BCUT2D eigenvalue weighted by molar-refractivity contribution is -0.121. The molecule has 0 unspecified atom stereocenters. The molecule has 4 rings (SSSR count). The maximum Gasteiger partial charge on any atom is 0.317 e. The van der Waals surface area contributed by atoms with Crippen molar-refractivity contribution in [3.05, 3.63) is 0 Å². The van der Waals surface area contributed by atoms with Crippen LogP contribution in [0, 0.1) is 0 Å². The van der Waals surface area contributed by atoms with E-state index in [0.29, 0.717) is 19.6 Å². The Balaban J connectivity index is 1.26. The van der Waals surface area contributed by atoms with E-state index in [9.17, 15) is 13.2 Å². The van der Waals surface area contributed by atoms with Gasteiger partial charge in [-0.05, 0) is 12.8 Å². The minimum Gasteiger partial charge on any atom is -0.379 e. The van der Waals surface area contributed by atoms with E-state index in [4.69, 9.17) is 9.47 Å². The molecule has 8 nitrogen and oxygen atoms in total. The van der Waals surface area contributed by atoms with Gasteiger partial charge in [0.1, 0.15) is 5.60 Å². The second-order valence-corrected chi connectivity index (χ2v) is 10.6. The number of nitrogens with one attached hydrogen (secondary N) is 1. The smallest absolute Gasteiger partial charge is 0.317 e. The van der Waals surface area contributed by atoms with Crippen molar-refractivity contribution in [1.82, 2.24) is 15.1 Å². The molecule has 0 aromatic heterocycles.